The van der Waals surface area contributed by atoms with Crippen LogP contribution in [0, 0.1) is 0 Å². The predicted molar refractivity (Wildman–Crippen MR) is 87.9 cm³/mol. The number of hydrogen-bond donors (Lipinski definition) is 0. The van der Waals surface area contributed by atoms with Crippen LogP contribution in [0.3, 0.4) is 0 Å². The molecule has 4 heteroatoms. The van der Waals surface area contributed by atoms with Gasteiger partial charge in [-0.2, -0.15) is 0 Å². The molecule has 1 aromatic carbocycles. The number of Topliss-reactive ketones (excluding diaryl/α,β-unsaturated/α-hetero) is 1. The quantitative estimate of drug-likeness (QED) is 0.794. The maximum atomic E-state index is 11.6. The smallest absolute Gasteiger partial charge is 0.403 e. The van der Waals surface area contributed by atoms with E-state index in [1.54, 1.807) is 0 Å². The summed E-state index contributed by atoms with van der Waals surface area (Å²) >= 11 is 0. The van der Waals surface area contributed by atoms with Crippen molar-refractivity contribution in [2.45, 2.75) is 69.9 Å². The van der Waals surface area contributed by atoms with Gasteiger partial charge in [0.05, 0.1) is 11.2 Å². The molecule has 2 aliphatic rings. The van der Waals surface area contributed by atoms with Crippen molar-refractivity contribution in [1.82, 2.24) is 0 Å². The van der Waals surface area contributed by atoms with Crippen LogP contribution in [0.25, 0.3) is 0 Å². The topological polar surface area (TPSA) is 35.5 Å². The maximum absolute atomic E-state index is 11.6. The van der Waals surface area contributed by atoms with E-state index in [1.165, 1.54) is 5.56 Å². The fourth-order valence-corrected chi connectivity index (χ4v) is 3.50. The first-order chi connectivity index (χ1) is 10.2. The lowest BCUT2D eigenvalue weighted by molar-refractivity contribution is -0.128. The first-order valence-electron chi connectivity index (χ1n) is 8.17. The molecule has 3 rings (SSSR count). The molecule has 1 heterocycles. The van der Waals surface area contributed by atoms with Gasteiger partial charge < -0.3 is 9.31 Å². The first-order valence-corrected chi connectivity index (χ1v) is 8.17. The van der Waals surface area contributed by atoms with Crippen LogP contribution >= 0.6 is 0 Å². The van der Waals surface area contributed by atoms with E-state index >= 15 is 0 Å². The lowest BCUT2D eigenvalue weighted by atomic mass is 9.58. The van der Waals surface area contributed by atoms with Crippen molar-refractivity contribution in [3.05, 3.63) is 35.9 Å². The molecule has 0 spiro atoms. The SMILES string of the molecule is CC1(C)OB(CCC2(c3ccccc3)CC(=O)C2)OC1(C)C. The third-order valence-electron chi connectivity index (χ3n) is 5.62. The number of benzene rings is 1. The molecular weight excluding hydrogens is 275 g/mol. The highest BCUT2D eigenvalue weighted by atomic mass is 16.7. The Morgan fingerprint density at radius 3 is 2.05 bits per heavy atom. The standard InChI is InChI=1S/C18H25BO3/c1-16(2)17(3,4)22-19(21-16)11-10-18(12-15(20)13-18)14-8-6-5-7-9-14/h5-9H,10-13H2,1-4H3. The summed E-state index contributed by atoms with van der Waals surface area (Å²) in [7, 11) is -0.179. The molecule has 0 radical (unpaired) electrons. The van der Waals surface area contributed by atoms with Crippen molar-refractivity contribution in [3.63, 3.8) is 0 Å². The molecular formula is C18H25BO3. The van der Waals surface area contributed by atoms with Gasteiger partial charge >= 0.3 is 7.12 Å². The van der Waals surface area contributed by atoms with Crippen molar-refractivity contribution in [1.29, 1.82) is 0 Å². The van der Waals surface area contributed by atoms with Crippen LogP contribution in [-0.2, 0) is 19.5 Å². The van der Waals surface area contributed by atoms with E-state index in [2.05, 4.69) is 52.0 Å². The number of rotatable bonds is 4. The average Bonchev–Trinajstić information content (AvgIpc) is 2.62. The fourth-order valence-electron chi connectivity index (χ4n) is 3.50. The summed E-state index contributed by atoms with van der Waals surface area (Å²) in [6, 6.07) is 10.4. The molecule has 1 saturated heterocycles. The summed E-state index contributed by atoms with van der Waals surface area (Å²) in [5.74, 6) is 0.359. The largest absolute Gasteiger partial charge is 0.457 e. The van der Waals surface area contributed by atoms with Crippen LogP contribution in [0.2, 0.25) is 6.32 Å². The van der Waals surface area contributed by atoms with Gasteiger partial charge in [-0.15, -0.1) is 0 Å². The molecule has 1 aliphatic carbocycles. The molecule has 0 N–H and O–H groups in total. The Morgan fingerprint density at radius 1 is 1.00 bits per heavy atom. The molecule has 22 heavy (non-hydrogen) atoms. The predicted octanol–water partition coefficient (Wildman–Crippen LogP) is 3.77. The van der Waals surface area contributed by atoms with Gasteiger partial charge in [0.2, 0.25) is 0 Å². The van der Waals surface area contributed by atoms with Gasteiger partial charge in [0, 0.05) is 18.3 Å². The summed E-state index contributed by atoms with van der Waals surface area (Å²) in [5, 5.41) is 0. The summed E-state index contributed by atoms with van der Waals surface area (Å²) in [6.07, 6.45) is 3.06. The maximum Gasteiger partial charge on any atom is 0.457 e. The van der Waals surface area contributed by atoms with E-state index in [9.17, 15) is 4.79 Å². The Hall–Kier alpha value is -1.13. The molecule has 0 bridgehead atoms. The van der Waals surface area contributed by atoms with Gasteiger partial charge in [-0.25, -0.2) is 0 Å². The lowest BCUT2D eigenvalue weighted by Gasteiger charge is -2.41. The Bertz CT molecular complexity index is 541. The zero-order valence-corrected chi connectivity index (χ0v) is 14.0. The zero-order valence-electron chi connectivity index (χ0n) is 14.0. The molecule has 1 aromatic rings. The fraction of sp³-hybridized carbons (Fsp3) is 0.611. The van der Waals surface area contributed by atoms with E-state index in [0.29, 0.717) is 18.6 Å². The molecule has 0 amide bonds. The zero-order chi connectivity index (χ0) is 16.0. The van der Waals surface area contributed by atoms with E-state index in [1.807, 2.05) is 6.07 Å². The second kappa shape index (κ2) is 5.21. The molecule has 0 aromatic heterocycles. The second-order valence-corrected chi connectivity index (χ2v) is 7.76. The van der Waals surface area contributed by atoms with E-state index in [-0.39, 0.29) is 23.7 Å². The van der Waals surface area contributed by atoms with Crippen molar-refractivity contribution in [2.75, 3.05) is 0 Å². The molecule has 0 unspecified atom stereocenters. The number of carbonyl (C=O) groups excluding carboxylic acids is 1. The van der Waals surface area contributed by atoms with Crippen LogP contribution in [0.5, 0.6) is 0 Å². The van der Waals surface area contributed by atoms with Crippen LogP contribution < -0.4 is 0 Å². The van der Waals surface area contributed by atoms with Crippen molar-refractivity contribution in [3.8, 4) is 0 Å². The molecule has 1 saturated carbocycles. The van der Waals surface area contributed by atoms with E-state index < -0.39 is 0 Å². The highest BCUT2D eigenvalue weighted by molar-refractivity contribution is 6.45. The monoisotopic (exact) mass is 300 g/mol. The number of ketones is 1. The summed E-state index contributed by atoms with van der Waals surface area (Å²) in [4.78, 5) is 11.6. The second-order valence-electron chi connectivity index (χ2n) is 7.76. The van der Waals surface area contributed by atoms with Gasteiger partial charge in [0.1, 0.15) is 5.78 Å². The Labute approximate surface area is 133 Å². The molecule has 2 fully saturated rings. The van der Waals surface area contributed by atoms with Crippen molar-refractivity contribution < 1.29 is 14.1 Å². The third-order valence-corrected chi connectivity index (χ3v) is 5.62. The Kier molecular flexibility index (Phi) is 3.73. The molecule has 3 nitrogen and oxygen atoms in total. The van der Waals surface area contributed by atoms with E-state index in [4.69, 9.17) is 9.31 Å². The van der Waals surface area contributed by atoms with Crippen LogP contribution in [0.15, 0.2) is 30.3 Å². The Balaban J connectivity index is 1.69. The van der Waals surface area contributed by atoms with E-state index in [0.717, 1.165) is 12.7 Å². The summed E-state index contributed by atoms with van der Waals surface area (Å²) in [5.41, 5.74) is 0.688. The third kappa shape index (κ3) is 2.63. The van der Waals surface area contributed by atoms with Gasteiger partial charge in [-0.3, -0.25) is 4.79 Å². The first kappa shape index (κ1) is 15.8. The highest BCUT2D eigenvalue weighted by Gasteiger charge is 2.52. The van der Waals surface area contributed by atoms with Crippen molar-refractivity contribution >= 4 is 12.9 Å². The van der Waals surface area contributed by atoms with Gasteiger partial charge in [-0.1, -0.05) is 30.3 Å². The molecule has 0 atom stereocenters. The Morgan fingerprint density at radius 2 is 1.55 bits per heavy atom. The van der Waals surface area contributed by atoms with Gasteiger partial charge in [-0.05, 0) is 46.0 Å². The minimum absolute atomic E-state index is 0.0120. The lowest BCUT2D eigenvalue weighted by Crippen LogP contribution is -2.42. The van der Waals surface area contributed by atoms with Crippen LogP contribution in [0.4, 0.5) is 0 Å². The normalized spacial score (nSPS) is 25.1. The number of hydrogen-bond acceptors (Lipinski definition) is 3. The average molecular weight is 300 g/mol. The van der Waals surface area contributed by atoms with Gasteiger partial charge in [0.25, 0.3) is 0 Å². The molecule has 118 valence electrons. The highest BCUT2D eigenvalue weighted by Crippen LogP contribution is 2.47. The van der Waals surface area contributed by atoms with Crippen LogP contribution in [0.1, 0.15) is 52.5 Å². The number of carbonyl (C=O) groups is 1. The summed E-state index contributed by atoms with van der Waals surface area (Å²) < 4.78 is 12.2. The van der Waals surface area contributed by atoms with Crippen molar-refractivity contribution in [2.24, 2.45) is 0 Å². The van der Waals surface area contributed by atoms with Crippen LogP contribution in [-0.4, -0.2) is 24.1 Å². The summed E-state index contributed by atoms with van der Waals surface area (Å²) in [6.45, 7) is 8.30. The minimum atomic E-state index is -0.285. The minimum Gasteiger partial charge on any atom is -0.403 e. The van der Waals surface area contributed by atoms with Gasteiger partial charge in [0.15, 0.2) is 0 Å². The molecule has 1 aliphatic heterocycles.